The topological polar surface area (TPSA) is 115 Å². The van der Waals surface area contributed by atoms with Crippen molar-refractivity contribution in [2.75, 3.05) is 4.90 Å². The molecule has 0 saturated carbocycles. The van der Waals surface area contributed by atoms with Crippen LogP contribution in [-0.4, -0.2) is 28.2 Å². The summed E-state index contributed by atoms with van der Waals surface area (Å²) in [7, 11) is 0. The normalized spacial score (nSPS) is 13.2. The molecular weight excluding hydrogens is 1180 g/mol. The van der Waals surface area contributed by atoms with Gasteiger partial charge >= 0.3 is 0 Å². The molecule has 0 N–H and O–H groups in total. The van der Waals surface area contributed by atoms with Gasteiger partial charge in [-0.3, -0.25) is 9.97 Å². The Hall–Kier alpha value is -13.5. The minimum absolute atomic E-state index is 0.474. The van der Waals surface area contributed by atoms with E-state index in [0.717, 1.165) is 128 Å². The molecule has 96 heavy (non-hydrogen) atoms. The van der Waals surface area contributed by atoms with Crippen molar-refractivity contribution >= 4 is 104 Å². The van der Waals surface area contributed by atoms with Crippen molar-refractivity contribution in [2.45, 2.75) is 5.41 Å². The second kappa shape index (κ2) is 19.3. The highest BCUT2D eigenvalue weighted by Crippen LogP contribution is 2.63. The highest BCUT2D eigenvalue weighted by molar-refractivity contribution is 6.13. The largest absolute Gasteiger partial charge is 0.457 e. The lowest BCUT2D eigenvalue weighted by Crippen LogP contribution is -2.32. The molecule has 2 aliphatic heterocycles. The van der Waals surface area contributed by atoms with Crippen LogP contribution in [0.15, 0.2) is 285 Å². The van der Waals surface area contributed by atoms with Crippen molar-refractivity contribution in [3.8, 4) is 69.3 Å². The Labute approximate surface area is 547 Å². The van der Waals surface area contributed by atoms with Crippen molar-refractivity contribution in [3.05, 3.63) is 319 Å². The molecule has 12 aromatic carbocycles. The summed E-state index contributed by atoms with van der Waals surface area (Å²) in [4.78, 5) is 13.4. The van der Waals surface area contributed by atoms with Gasteiger partial charge in [0.25, 0.3) is 0 Å². The van der Waals surface area contributed by atoms with E-state index in [1.165, 1.54) is 32.3 Å². The van der Waals surface area contributed by atoms with Crippen LogP contribution in [-0.2, 0) is 5.41 Å². The number of hydrogen-bond acceptors (Lipinski definition) is 7. The predicted octanol–water partition coefficient (Wildman–Crippen LogP) is 20.7. The Morgan fingerprint density at radius 3 is 1.00 bits per heavy atom. The van der Waals surface area contributed by atoms with Crippen LogP contribution in [0.3, 0.4) is 0 Å². The number of fused-ring (bicyclic) bond motifs is 23. The maximum Gasteiger partial charge on any atom is 0.152 e. The molecule has 444 valence electrons. The van der Waals surface area contributed by atoms with Gasteiger partial charge in [-0.25, -0.2) is 0 Å². The van der Waals surface area contributed by atoms with E-state index in [1.54, 1.807) is 12.1 Å². The molecule has 0 unspecified atom stereocenters. The standard InChI is InChI=1S/C85H47N9O2/c86-46-50-29-36-77-81(39-50)96-82-40-51(47-87)30-37-78(82)92(77)52-33-38-76-64(41-52)63-21-7-14-28-75(63)91(76)54-32-35-66-80(45-54)95-79-44-53(90-69-22-8-1-15-57(69)58-16-2-9-23-70(58)90)31-34-65(79)85(66)67-42-55(93-71-24-10-3-17-59(71)60-18-4-11-25-72(60)93)48-88-83(67)84-68(85)43-56(49-89-84)94-73-26-12-5-19-61(73)62-20-6-13-27-74(62)94/h1-45,48-49H. The van der Waals surface area contributed by atoms with Crippen molar-refractivity contribution in [3.63, 3.8) is 0 Å². The molecule has 0 radical (unpaired) electrons. The Kier molecular flexibility index (Phi) is 10.5. The van der Waals surface area contributed by atoms with Gasteiger partial charge in [0, 0.05) is 107 Å². The Morgan fingerprint density at radius 2 is 0.615 bits per heavy atom. The van der Waals surface area contributed by atoms with Gasteiger partial charge < -0.3 is 32.6 Å². The number of nitrogens with zero attached hydrogens (tertiary/aromatic N) is 9. The predicted molar refractivity (Wildman–Crippen MR) is 381 cm³/mol. The van der Waals surface area contributed by atoms with E-state index < -0.39 is 5.41 Å². The highest BCUT2D eigenvalue weighted by Gasteiger charge is 2.53. The van der Waals surface area contributed by atoms with Crippen LogP contribution in [0.4, 0.5) is 17.1 Å². The van der Waals surface area contributed by atoms with Crippen molar-refractivity contribution in [1.82, 2.24) is 28.2 Å². The van der Waals surface area contributed by atoms with Gasteiger partial charge in [0.2, 0.25) is 0 Å². The fourth-order valence-corrected chi connectivity index (χ4v) is 16.4. The van der Waals surface area contributed by atoms with Crippen LogP contribution in [0.5, 0.6) is 23.0 Å². The van der Waals surface area contributed by atoms with Crippen LogP contribution in [0.1, 0.15) is 33.4 Å². The summed E-state index contributed by atoms with van der Waals surface area (Å²) < 4.78 is 23.6. The Balaban J connectivity index is 0.835. The molecule has 0 atom stereocenters. The first-order chi connectivity index (χ1) is 47.5. The number of ether oxygens (including phenoxy) is 2. The number of hydrogen-bond donors (Lipinski definition) is 0. The lowest BCUT2D eigenvalue weighted by Gasteiger charge is -2.39. The smallest absolute Gasteiger partial charge is 0.152 e. The lowest BCUT2D eigenvalue weighted by atomic mass is 9.66. The lowest BCUT2D eigenvalue weighted by molar-refractivity contribution is 0.436. The minimum Gasteiger partial charge on any atom is -0.457 e. The van der Waals surface area contributed by atoms with E-state index in [4.69, 9.17) is 19.4 Å². The molecule has 21 rings (SSSR count). The summed E-state index contributed by atoms with van der Waals surface area (Å²) in [6, 6.07) is 101. The van der Waals surface area contributed by atoms with Crippen molar-refractivity contribution in [1.29, 1.82) is 10.5 Å². The quantitative estimate of drug-likeness (QED) is 0.169. The van der Waals surface area contributed by atoms with E-state index >= 15 is 0 Å². The second-order valence-electron chi connectivity index (χ2n) is 25.1. The number of nitriles is 2. The zero-order chi connectivity index (χ0) is 63.1. The maximum atomic E-state index is 9.99. The van der Waals surface area contributed by atoms with E-state index in [0.29, 0.717) is 34.1 Å². The summed E-state index contributed by atoms with van der Waals surface area (Å²) in [5.74, 6) is 2.46. The number of pyridine rings is 2. The van der Waals surface area contributed by atoms with Crippen LogP contribution in [0.25, 0.3) is 121 Å². The third-order valence-electron chi connectivity index (χ3n) is 20.3. The minimum atomic E-state index is -1.06. The third-order valence-corrected chi connectivity index (χ3v) is 20.3. The highest BCUT2D eigenvalue weighted by atomic mass is 16.5. The summed E-state index contributed by atoms with van der Waals surface area (Å²) in [5.41, 5.74) is 20.2. The molecule has 6 aromatic heterocycles. The van der Waals surface area contributed by atoms with Crippen LogP contribution in [0.2, 0.25) is 0 Å². The molecule has 0 amide bonds. The number of benzene rings is 12. The zero-order valence-electron chi connectivity index (χ0n) is 51.0. The first-order valence-electron chi connectivity index (χ1n) is 32.0. The van der Waals surface area contributed by atoms with Gasteiger partial charge in [-0.15, -0.1) is 0 Å². The van der Waals surface area contributed by atoms with Gasteiger partial charge in [-0.1, -0.05) is 140 Å². The van der Waals surface area contributed by atoms with Gasteiger partial charge in [0.1, 0.15) is 11.5 Å². The number of para-hydroxylation sites is 7. The molecule has 11 heteroatoms. The fourth-order valence-electron chi connectivity index (χ4n) is 16.4. The fraction of sp³-hybridized carbons (Fsp3) is 0.0118. The first kappa shape index (κ1) is 52.2. The zero-order valence-corrected chi connectivity index (χ0v) is 51.0. The molecule has 0 fully saturated rings. The SMILES string of the molecule is N#Cc1ccc2c(c1)Oc1cc(C#N)ccc1N2c1ccc2c(c1)c1ccccc1n2-c1ccc2c(c1)Oc1cc(-n3c4ccccc4c4ccccc43)ccc1C21c2cc(-n3c4ccccc4c4ccccc43)cnc2-c2ncc(-n3c4ccccc4c4ccccc43)cc21. The van der Waals surface area contributed by atoms with E-state index in [9.17, 15) is 10.5 Å². The maximum absolute atomic E-state index is 9.99. The number of rotatable bonds is 5. The van der Waals surface area contributed by atoms with Gasteiger partial charge in [-0.2, -0.15) is 10.5 Å². The van der Waals surface area contributed by atoms with Crippen LogP contribution in [0, 0.1) is 22.7 Å². The number of anilines is 3. The molecule has 1 spiro atoms. The molecule has 0 bridgehead atoms. The van der Waals surface area contributed by atoms with E-state index in [2.05, 4.69) is 272 Å². The van der Waals surface area contributed by atoms with Crippen molar-refractivity contribution < 1.29 is 9.47 Å². The average molecular weight is 1230 g/mol. The first-order valence-corrected chi connectivity index (χ1v) is 32.0. The van der Waals surface area contributed by atoms with Crippen LogP contribution < -0.4 is 14.4 Å². The molecule has 11 nitrogen and oxygen atoms in total. The van der Waals surface area contributed by atoms with E-state index in [1.807, 2.05) is 36.7 Å². The average Bonchev–Trinajstić information content (AvgIpc) is 1.44. The molecule has 8 heterocycles. The second-order valence-corrected chi connectivity index (χ2v) is 25.1. The van der Waals surface area contributed by atoms with Gasteiger partial charge in [0.05, 0.1) is 119 Å². The van der Waals surface area contributed by atoms with E-state index in [-0.39, 0.29) is 0 Å². The molecule has 18 aromatic rings. The van der Waals surface area contributed by atoms with Crippen molar-refractivity contribution in [2.24, 2.45) is 0 Å². The molecular formula is C85H47N9O2. The molecule has 1 aliphatic carbocycles. The van der Waals surface area contributed by atoms with Gasteiger partial charge in [0.15, 0.2) is 11.5 Å². The third kappa shape index (κ3) is 6.96. The molecule has 0 saturated heterocycles. The Bertz CT molecular complexity index is 6220. The van der Waals surface area contributed by atoms with Crippen LogP contribution >= 0.6 is 0 Å². The summed E-state index contributed by atoms with van der Waals surface area (Å²) in [6.45, 7) is 0. The van der Waals surface area contributed by atoms with Gasteiger partial charge in [-0.05, 0) is 109 Å². The molecule has 3 aliphatic rings. The summed E-state index contributed by atoms with van der Waals surface area (Å²) in [5, 5.41) is 29.1. The monoisotopic (exact) mass is 1230 g/mol. The number of aromatic nitrogens is 6. The summed E-state index contributed by atoms with van der Waals surface area (Å²) >= 11 is 0. The summed E-state index contributed by atoms with van der Waals surface area (Å²) in [6.07, 6.45) is 4.05. The Morgan fingerprint density at radius 1 is 0.281 bits per heavy atom.